The Balaban J connectivity index is 2.58. The predicted molar refractivity (Wildman–Crippen MR) is 66.1 cm³/mol. The van der Waals surface area contributed by atoms with Crippen molar-refractivity contribution in [3.63, 3.8) is 0 Å². The molecule has 0 aliphatic rings. The Hall–Kier alpha value is -1.75. The molecule has 0 saturated carbocycles. The number of halogens is 2. The van der Waals surface area contributed by atoms with Crippen LogP contribution in [0.25, 0.3) is 11.3 Å². The van der Waals surface area contributed by atoms with E-state index in [1.807, 2.05) is 25.6 Å². The van der Waals surface area contributed by atoms with Crippen LogP contribution in [0, 0.1) is 18.6 Å². The molecule has 1 heterocycles. The molecule has 1 aromatic carbocycles. The fourth-order valence-corrected chi connectivity index (χ4v) is 1.97. The number of aromatic nitrogens is 2. The minimum Gasteiger partial charge on any atom is -0.331 e. The molecular weight excluding hydrogens is 236 g/mol. The van der Waals surface area contributed by atoms with Crippen LogP contribution in [0.4, 0.5) is 8.78 Å². The molecule has 2 rings (SSSR count). The molecular formula is C13H15F2N3. The van der Waals surface area contributed by atoms with Crippen molar-refractivity contribution in [3.8, 4) is 11.3 Å². The van der Waals surface area contributed by atoms with Gasteiger partial charge in [0.1, 0.15) is 5.82 Å². The fourth-order valence-electron chi connectivity index (χ4n) is 1.97. The molecule has 1 N–H and O–H groups in total. The topological polar surface area (TPSA) is 29.9 Å². The largest absolute Gasteiger partial charge is 0.331 e. The summed E-state index contributed by atoms with van der Waals surface area (Å²) in [5.74, 6) is -0.852. The van der Waals surface area contributed by atoms with E-state index in [4.69, 9.17) is 0 Å². The van der Waals surface area contributed by atoms with Crippen LogP contribution in [0.1, 0.15) is 11.5 Å². The molecule has 0 unspecified atom stereocenters. The van der Waals surface area contributed by atoms with Crippen LogP contribution in [0.5, 0.6) is 0 Å². The maximum Gasteiger partial charge on any atom is 0.159 e. The van der Waals surface area contributed by atoms with Crippen LogP contribution in [-0.2, 0) is 13.6 Å². The van der Waals surface area contributed by atoms with Gasteiger partial charge >= 0.3 is 0 Å². The van der Waals surface area contributed by atoms with Crippen LogP contribution >= 0.6 is 0 Å². The molecule has 0 saturated heterocycles. The van der Waals surface area contributed by atoms with Gasteiger partial charge < -0.3 is 9.88 Å². The van der Waals surface area contributed by atoms with Crippen molar-refractivity contribution >= 4 is 0 Å². The first kappa shape index (κ1) is 12.7. The van der Waals surface area contributed by atoms with E-state index in [1.54, 1.807) is 6.07 Å². The normalized spacial score (nSPS) is 10.9. The van der Waals surface area contributed by atoms with Gasteiger partial charge in [0, 0.05) is 19.2 Å². The van der Waals surface area contributed by atoms with E-state index >= 15 is 0 Å². The highest BCUT2D eigenvalue weighted by atomic mass is 19.2. The molecule has 0 aliphatic carbocycles. The van der Waals surface area contributed by atoms with Crippen LogP contribution < -0.4 is 5.32 Å². The summed E-state index contributed by atoms with van der Waals surface area (Å²) in [5.41, 5.74) is 2.26. The Morgan fingerprint density at radius 2 is 2.00 bits per heavy atom. The van der Waals surface area contributed by atoms with Crippen LogP contribution in [0.15, 0.2) is 18.2 Å². The first-order valence-electron chi connectivity index (χ1n) is 5.66. The van der Waals surface area contributed by atoms with Crippen LogP contribution in [-0.4, -0.2) is 16.6 Å². The average Bonchev–Trinajstić information content (AvgIpc) is 2.60. The summed E-state index contributed by atoms with van der Waals surface area (Å²) in [5, 5.41) is 3.02. The number of hydrogen-bond donors (Lipinski definition) is 1. The third kappa shape index (κ3) is 2.13. The summed E-state index contributed by atoms with van der Waals surface area (Å²) < 4.78 is 28.1. The minimum absolute atomic E-state index is 0.579. The molecule has 0 bridgehead atoms. The highest BCUT2D eigenvalue weighted by Crippen LogP contribution is 2.25. The Morgan fingerprint density at radius 1 is 1.28 bits per heavy atom. The molecule has 0 radical (unpaired) electrons. The van der Waals surface area contributed by atoms with E-state index in [1.165, 1.54) is 6.07 Å². The molecule has 0 spiro atoms. The van der Waals surface area contributed by atoms with E-state index in [0.29, 0.717) is 12.1 Å². The van der Waals surface area contributed by atoms with Gasteiger partial charge in [-0.1, -0.05) is 0 Å². The van der Waals surface area contributed by atoms with E-state index in [-0.39, 0.29) is 0 Å². The Kier molecular flexibility index (Phi) is 3.43. The van der Waals surface area contributed by atoms with Crippen molar-refractivity contribution in [1.29, 1.82) is 0 Å². The van der Waals surface area contributed by atoms with Crippen LogP contribution in [0.3, 0.4) is 0 Å². The molecule has 0 atom stereocenters. The zero-order chi connectivity index (χ0) is 13.3. The molecule has 96 valence electrons. The molecule has 0 amide bonds. The van der Waals surface area contributed by atoms with E-state index in [9.17, 15) is 8.78 Å². The first-order chi connectivity index (χ1) is 8.54. The Bertz CT molecular complexity index is 576. The molecule has 5 heteroatoms. The van der Waals surface area contributed by atoms with Gasteiger partial charge in [-0.2, -0.15) is 0 Å². The van der Waals surface area contributed by atoms with Crippen molar-refractivity contribution in [3.05, 3.63) is 41.4 Å². The SMILES string of the molecule is CNCc1nc(C)n(C)c1-c1ccc(F)c(F)c1. The monoisotopic (exact) mass is 251 g/mol. The molecule has 2 aromatic rings. The predicted octanol–water partition coefficient (Wildman–Crippen LogP) is 2.39. The maximum absolute atomic E-state index is 13.3. The highest BCUT2D eigenvalue weighted by molar-refractivity contribution is 5.63. The summed E-state index contributed by atoms with van der Waals surface area (Å²) in [6.07, 6.45) is 0. The molecule has 1 aromatic heterocycles. The van der Waals surface area contributed by atoms with Crippen molar-refractivity contribution in [2.45, 2.75) is 13.5 Å². The lowest BCUT2D eigenvalue weighted by Crippen LogP contribution is -2.07. The number of imidazole rings is 1. The number of benzene rings is 1. The lowest BCUT2D eigenvalue weighted by Gasteiger charge is -2.07. The maximum atomic E-state index is 13.3. The van der Waals surface area contributed by atoms with E-state index in [2.05, 4.69) is 10.3 Å². The van der Waals surface area contributed by atoms with Gasteiger partial charge in [0.05, 0.1) is 11.4 Å². The fraction of sp³-hybridized carbons (Fsp3) is 0.308. The van der Waals surface area contributed by atoms with Crippen molar-refractivity contribution in [1.82, 2.24) is 14.9 Å². The Labute approximate surface area is 104 Å². The van der Waals surface area contributed by atoms with E-state index < -0.39 is 11.6 Å². The summed E-state index contributed by atoms with van der Waals surface area (Å²) in [6.45, 7) is 2.46. The van der Waals surface area contributed by atoms with Gasteiger partial charge in [-0.15, -0.1) is 0 Å². The smallest absolute Gasteiger partial charge is 0.159 e. The number of rotatable bonds is 3. The van der Waals surface area contributed by atoms with Gasteiger partial charge in [0.15, 0.2) is 11.6 Å². The quantitative estimate of drug-likeness (QED) is 0.907. The molecule has 3 nitrogen and oxygen atoms in total. The second-order valence-corrected chi connectivity index (χ2v) is 4.17. The summed E-state index contributed by atoms with van der Waals surface area (Å²) in [7, 11) is 3.68. The van der Waals surface area contributed by atoms with E-state index in [0.717, 1.165) is 23.3 Å². The average molecular weight is 251 g/mol. The molecule has 18 heavy (non-hydrogen) atoms. The second kappa shape index (κ2) is 4.86. The van der Waals surface area contributed by atoms with Gasteiger partial charge in [0.25, 0.3) is 0 Å². The van der Waals surface area contributed by atoms with Crippen molar-refractivity contribution in [2.24, 2.45) is 7.05 Å². The van der Waals surface area contributed by atoms with Gasteiger partial charge in [-0.05, 0) is 32.2 Å². The molecule has 0 fully saturated rings. The van der Waals surface area contributed by atoms with Gasteiger partial charge in [-0.3, -0.25) is 0 Å². The zero-order valence-corrected chi connectivity index (χ0v) is 10.6. The van der Waals surface area contributed by atoms with Gasteiger partial charge in [0.2, 0.25) is 0 Å². The summed E-state index contributed by atoms with van der Waals surface area (Å²) in [6, 6.07) is 3.90. The lowest BCUT2D eigenvalue weighted by atomic mass is 10.1. The second-order valence-electron chi connectivity index (χ2n) is 4.17. The summed E-state index contributed by atoms with van der Waals surface area (Å²) >= 11 is 0. The van der Waals surface area contributed by atoms with Crippen molar-refractivity contribution < 1.29 is 8.78 Å². The number of aryl methyl sites for hydroxylation is 1. The Morgan fingerprint density at radius 3 is 2.61 bits per heavy atom. The number of nitrogens with one attached hydrogen (secondary N) is 1. The zero-order valence-electron chi connectivity index (χ0n) is 10.6. The summed E-state index contributed by atoms with van der Waals surface area (Å²) in [4.78, 5) is 4.41. The van der Waals surface area contributed by atoms with Crippen molar-refractivity contribution in [2.75, 3.05) is 7.05 Å². The highest BCUT2D eigenvalue weighted by Gasteiger charge is 2.15. The first-order valence-corrected chi connectivity index (χ1v) is 5.66. The third-order valence-corrected chi connectivity index (χ3v) is 2.93. The minimum atomic E-state index is -0.846. The standard InChI is InChI=1S/C13H15F2N3/c1-8-17-12(7-16-2)13(18(8)3)9-4-5-10(14)11(15)6-9/h4-6,16H,7H2,1-3H3. The van der Waals surface area contributed by atoms with Gasteiger partial charge in [-0.25, -0.2) is 13.8 Å². The number of nitrogens with zero attached hydrogens (tertiary/aromatic N) is 2. The van der Waals surface area contributed by atoms with Crippen LogP contribution in [0.2, 0.25) is 0 Å². The third-order valence-electron chi connectivity index (χ3n) is 2.93. The lowest BCUT2D eigenvalue weighted by molar-refractivity contribution is 0.509. The number of hydrogen-bond acceptors (Lipinski definition) is 2. The molecule has 0 aliphatic heterocycles.